The van der Waals surface area contributed by atoms with Crippen molar-refractivity contribution in [1.82, 2.24) is 0 Å². The molecule has 86 valence electrons. The smallest absolute Gasteiger partial charge is 0.200 e. The molecule has 0 heterocycles. The van der Waals surface area contributed by atoms with E-state index in [1.807, 2.05) is 0 Å². The van der Waals surface area contributed by atoms with Crippen molar-refractivity contribution in [2.24, 2.45) is 0 Å². The number of carbonyl (C=O) groups is 1. The fourth-order valence-electron chi connectivity index (χ4n) is 1.64. The van der Waals surface area contributed by atoms with Gasteiger partial charge in [0, 0.05) is 0 Å². The molecule has 0 radical (unpaired) electrons. The van der Waals surface area contributed by atoms with Crippen molar-refractivity contribution in [3.05, 3.63) is 59.7 Å². The number of phenols is 1. The zero-order valence-electron chi connectivity index (χ0n) is 9.38. The van der Waals surface area contributed by atoms with Gasteiger partial charge in [-0.05, 0) is 24.3 Å². The van der Waals surface area contributed by atoms with Gasteiger partial charge in [-0.2, -0.15) is 0 Å². The highest BCUT2D eigenvalue weighted by atomic mass is 16.5. The minimum atomic E-state index is -0.249. The summed E-state index contributed by atoms with van der Waals surface area (Å²) in [6.45, 7) is 0. The van der Waals surface area contributed by atoms with Crippen LogP contribution >= 0.6 is 0 Å². The number of phenolic OH excluding ortho intramolecular Hbond substituents is 1. The fraction of sp³-hybridized carbons (Fsp3) is 0.0714. The highest BCUT2D eigenvalue weighted by Crippen LogP contribution is 2.25. The van der Waals surface area contributed by atoms with Crippen LogP contribution in [0.2, 0.25) is 0 Å². The zero-order chi connectivity index (χ0) is 12.3. The lowest BCUT2D eigenvalue weighted by Gasteiger charge is -2.08. The van der Waals surface area contributed by atoms with Gasteiger partial charge in [-0.3, -0.25) is 4.79 Å². The van der Waals surface area contributed by atoms with E-state index in [0.29, 0.717) is 11.3 Å². The molecule has 0 atom stereocenters. The van der Waals surface area contributed by atoms with Gasteiger partial charge in [0.05, 0.1) is 18.2 Å². The molecule has 0 aliphatic rings. The van der Waals surface area contributed by atoms with Gasteiger partial charge in [-0.25, -0.2) is 0 Å². The predicted octanol–water partition coefficient (Wildman–Crippen LogP) is 2.63. The number of aromatic hydroxyl groups is 1. The Labute approximate surface area is 99.3 Å². The Morgan fingerprint density at radius 1 is 1.00 bits per heavy atom. The average Bonchev–Trinajstić information content (AvgIpc) is 2.38. The maximum absolute atomic E-state index is 12.2. The lowest BCUT2D eigenvalue weighted by atomic mass is 10.0. The first-order valence-corrected chi connectivity index (χ1v) is 5.19. The van der Waals surface area contributed by atoms with Crippen LogP contribution in [0.15, 0.2) is 48.5 Å². The van der Waals surface area contributed by atoms with Gasteiger partial charge in [-0.15, -0.1) is 0 Å². The summed E-state index contributed by atoms with van der Waals surface area (Å²) in [7, 11) is 1.51. The van der Waals surface area contributed by atoms with Crippen molar-refractivity contribution < 1.29 is 14.6 Å². The average molecular weight is 228 g/mol. The largest absolute Gasteiger partial charge is 0.507 e. The maximum atomic E-state index is 12.2. The molecule has 1 N–H and O–H groups in total. The van der Waals surface area contributed by atoms with Gasteiger partial charge >= 0.3 is 0 Å². The summed E-state index contributed by atoms with van der Waals surface area (Å²) in [6.07, 6.45) is 0. The van der Waals surface area contributed by atoms with Crippen LogP contribution in [0, 0.1) is 0 Å². The number of para-hydroxylation sites is 2. The Morgan fingerprint density at radius 2 is 1.59 bits per heavy atom. The third-order valence-electron chi connectivity index (χ3n) is 2.50. The highest BCUT2D eigenvalue weighted by molar-refractivity contribution is 6.12. The van der Waals surface area contributed by atoms with Gasteiger partial charge in [0.25, 0.3) is 0 Å². The maximum Gasteiger partial charge on any atom is 0.200 e. The first kappa shape index (κ1) is 11.2. The number of ketones is 1. The van der Waals surface area contributed by atoms with Gasteiger partial charge < -0.3 is 9.84 Å². The predicted molar refractivity (Wildman–Crippen MR) is 64.5 cm³/mol. The normalized spacial score (nSPS) is 9.94. The molecule has 2 rings (SSSR count). The third kappa shape index (κ3) is 2.13. The molecule has 0 aliphatic heterocycles. The second-order valence-corrected chi connectivity index (χ2v) is 3.55. The van der Waals surface area contributed by atoms with Crippen molar-refractivity contribution in [2.75, 3.05) is 7.11 Å². The summed E-state index contributed by atoms with van der Waals surface area (Å²) < 4.78 is 5.13. The Kier molecular flexibility index (Phi) is 3.10. The number of carbonyl (C=O) groups excluding carboxylic acids is 1. The molecular weight excluding hydrogens is 216 g/mol. The van der Waals surface area contributed by atoms with Gasteiger partial charge in [-0.1, -0.05) is 24.3 Å². The highest BCUT2D eigenvalue weighted by Gasteiger charge is 2.16. The molecule has 2 aromatic rings. The number of rotatable bonds is 3. The quantitative estimate of drug-likeness (QED) is 0.821. The molecule has 0 fully saturated rings. The van der Waals surface area contributed by atoms with Crippen LogP contribution in [-0.2, 0) is 0 Å². The standard InChI is InChI=1S/C14H12O3/c1-17-13-9-5-3-7-11(13)14(16)10-6-2-4-8-12(10)15/h2-9,15H,1H3. The van der Waals surface area contributed by atoms with E-state index in [4.69, 9.17) is 4.74 Å². The Balaban J connectivity index is 2.48. The minimum absolute atomic E-state index is 0.0246. The first-order chi connectivity index (χ1) is 8.24. The molecule has 0 spiro atoms. The third-order valence-corrected chi connectivity index (χ3v) is 2.50. The molecule has 0 unspecified atom stereocenters. The van der Waals surface area contributed by atoms with E-state index in [1.165, 1.54) is 13.2 Å². The molecule has 3 nitrogen and oxygen atoms in total. The SMILES string of the molecule is COc1ccccc1C(=O)c1ccccc1O. The van der Waals surface area contributed by atoms with Crippen molar-refractivity contribution in [2.45, 2.75) is 0 Å². The minimum Gasteiger partial charge on any atom is -0.507 e. The number of ether oxygens (including phenoxy) is 1. The van der Waals surface area contributed by atoms with Crippen LogP contribution in [0.4, 0.5) is 0 Å². The summed E-state index contributed by atoms with van der Waals surface area (Å²) in [5.41, 5.74) is 0.716. The topological polar surface area (TPSA) is 46.5 Å². The fourth-order valence-corrected chi connectivity index (χ4v) is 1.64. The van der Waals surface area contributed by atoms with Crippen LogP contribution in [0.1, 0.15) is 15.9 Å². The molecule has 0 amide bonds. The summed E-state index contributed by atoms with van der Waals surface area (Å²) in [6, 6.07) is 13.4. The lowest BCUT2D eigenvalue weighted by Crippen LogP contribution is -2.03. The van der Waals surface area contributed by atoms with E-state index < -0.39 is 0 Å². The van der Waals surface area contributed by atoms with Gasteiger partial charge in [0.15, 0.2) is 5.78 Å². The van der Waals surface area contributed by atoms with E-state index >= 15 is 0 Å². The molecule has 0 aromatic heterocycles. The van der Waals surface area contributed by atoms with Crippen molar-refractivity contribution in [3.63, 3.8) is 0 Å². The molecule has 0 saturated carbocycles. The number of methoxy groups -OCH3 is 1. The summed E-state index contributed by atoms with van der Waals surface area (Å²) in [4.78, 5) is 12.2. The van der Waals surface area contributed by atoms with Crippen molar-refractivity contribution in [1.29, 1.82) is 0 Å². The zero-order valence-corrected chi connectivity index (χ0v) is 9.38. The van der Waals surface area contributed by atoms with Gasteiger partial charge in [0.1, 0.15) is 11.5 Å². The van der Waals surface area contributed by atoms with E-state index in [-0.39, 0.29) is 17.1 Å². The molecule has 0 aliphatic carbocycles. The van der Waals surface area contributed by atoms with E-state index in [2.05, 4.69) is 0 Å². The summed E-state index contributed by atoms with van der Waals surface area (Å²) in [5, 5.41) is 9.64. The van der Waals surface area contributed by atoms with E-state index in [1.54, 1.807) is 42.5 Å². The van der Waals surface area contributed by atoms with Crippen LogP contribution in [0.5, 0.6) is 11.5 Å². The number of hydrogen-bond acceptors (Lipinski definition) is 3. The van der Waals surface area contributed by atoms with Gasteiger partial charge in [0.2, 0.25) is 0 Å². The molecule has 0 saturated heterocycles. The Bertz CT molecular complexity index is 547. The second-order valence-electron chi connectivity index (χ2n) is 3.55. The van der Waals surface area contributed by atoms with Crippen LogP contribution in [0.25, 0.3) is 0 Å². The summed E-state index contributed by atoms with van der Waals surface area (Å²) in [5.74, 6) is 0.227. The second kappa shape index (κ2) is 4.70. The number of hydrogen-bond donors (Lipinski definition) is 1. The van der Waals surface area contributed by atoms with Crippen LogP contribution < -0.4 is 4.74 Å². The molecule has 3 heteroatoms. The first-order valence-electron chi connectivity index (χ1n) is 5.19. The van der Waals surface area contributed by atoms with Crippen LogP contribution in [-0.4, -0.2) is 18.0 Å². The molecular formula is C14H12O3. The lowest BCUT2D eigenvalue weighted by molar-refractivity contribution is 0.103. The van der Waals surface area contributed by atoms with Crippen molar-refractivity contribution in [3.8, 4) is 11.5 Å². The molecule has 17 heavy (non-hydrogen) atoms. The van der Waals surface area contributed by atoms with Crippen LogP contribution in [0.3, 0.4) is 0 Å². The number of benzene rings is 2. The molecule has 2 aromatic carbocycles. The van der Waals surface area contributed by atoms with E-state index in [9.17, 15) is 9.90 Å². The van der Waals surface area contributed by atoms with Crippen molar-refractivity contribution >= 4 is 5.78 Å². The molecule has 0 bridgehead atoms. The van der Waals surface area contributed by atoms with E-state index in [0.717, 1.165) is 0 Å². The monoisotopic (exact) mass is 228 g/mol. The summed E-state index contributed by atoms with van der Waals surface area (Å²) >= 11 is 0. The Morgan fingerprint density at radius 3 is 2.24 bits per heavy atom. The Hall–Kier alpha value is -2.29.